The summed E-state index contributed by atoms with van der Waals surface area (Å²) in [6.07, 6.45) is 0.443. The number of benzene rings is 1. The van der Waals surface area contributed by atoms with Crippen molar-refractivity contribution in [3.8, 4) is 10.4 Å². The number of aliphatic hydroxyl groups is 1. The number of amides is 1. The fraction of sp³-hybridized carbons (Fsp3) is 0.542. The van der Waals surface area contributed by atoms with Crippen molar-refractivity contribution in [3.63, 3.8) is 0 Å². The predicted molar refractivity (Wildman–Crippen MR) is 121 cm³/mol. The molecule has 2 aromatic rings. The van der Waals surface area contributed by atoms with Crippen LogP contribution in [0.1, 0.15) is 64.1 Å². The van der Waals surface area contributed by atoms with Crippen LogP contribution in [0.3, 0.4) is 0 Å². The lowest BCUT2D eigenvalue weighted by Gasteiger charge is -2.28. The zero-order chi connectivity index (χ0) is 22.1. The zero-order valence-electron chi connectivity index (χ0n) is 18.5. The van der Waals surface area contributed by atoms with Crippen LogP contribution in [-0.4, -0.2) is 45.4 Å². The highest BCUT2D eigenvalue weighted by atomic mass is 32.1. The molecule has 1 amide bonds. The minimum atomic E-state index is -0.625. The summed E-state index contributed by atoms with van der Waals surface area (Å²) in [4.78, 5) is 32.8. The van der Waals surface area contributed by atoms with Gasteiger partial charge in [-0.3, -0.25) is 9.59 Å². The number of aliphatic hydroxyl groups excluding tert-OH is 1. The van der Waals surface area contributed by atoms with Gasteiger partial charge in [0.2, 0.25) is 5.91 Å². The predicted octanol–water partition coefficient (Wildman–Crippen LogP) is 4.58. The van der Waals surface area contributed by atoms with Gasteiger partial charge in [-0.2, -0.15) is 0 Å². The van der Waals surface area contributed by atoms with Gasteiger partial charge >= 0.3 is 0 Å². The number of carbonyl (C=O) groups is 2. The molecule has 3 atom stereocenters. The molecule has 162 valence electrons. The fourth-order valence-electron chi connectivity index (χ4n) is 4.05. The fourth-order valence-corrected chi connectivity index (χ4v) is 4.86. The Morgan fingerprint density at radius 3 is 2.50 bits per heavy atom. The minimum Gasteiger partial charge on any atom is -0.391 e. The van der Waals surface area contributed by atoms with E-state index in [4.69, 9.17) is 0 Å². The number of nitrogens with zero attached hydrogens (tertiary/aromatic N) is 2. The SMILES string of the molecule is Cc1ncsc1-c1ccc([C@H](C)CC(=O)[C@@H]2C[C@@H](O)CN2C(=O)CC(C)(C)C)cc1. The van der Waals surface area contributed by atoms with E-state index < -0.39 is 12.1 Å². The van der Waals surface area contributed by atoms with Crippen LogP contribution in [0.5, 0.6) is 0 Å². The molecule has 0 radical (unpaired) electrons. The first-order valence-electron chi connectivity index (χ1n) is 10.6. The molecule has 1 saturated heterocycles. The van der Waals surface area contributed by atoms with Crippen molar-refractivity contribution in [2.24, 2.45) is 5.41 Å². The molecule has 1 fully saturated rings. The van der Waals surface area contributed by atoms with Gasteiger partial charge in [0.1, 0.15) is 0 Å². The van der Waals surface area contributed by atoms with Gasteiger partial charge in [-0.25, -0.2) is 4.98 Å². The summed E-state index contributed by atoms with van der Waals surface area (Å²) < 4.78 is 0. The van der Waals surface area contributed by atoms with Crippen LogP contribution in [-0.2, 0) is 9.59 Å². The standard InChI is InChI=1S/C24H32N2O3S/c1-15(17-6-8-18(9-7-17)23-16(2)25-14-30-23)10-21(28)20-11-19(27)13-26(20)22(29)12-24(3,4)5/h6-9,14-15,19-20,27H,10-13H2,1-5H3/t15-,19-,20+/m1/s1. The lowest BCUT2D eigenvalue weighted by Crippen LogP contribution is -2.42. The van der Waals surface area contributed by atoms with Crippen molar-refractivity contribution < 1.29 is 14.7 Å². The number of hydrogen-bond acceptors (Lipinski definition) is 5. The smallest absolute Gasteiger partial charge is 0.223 e. The lowest BCUT2D eigenvalue weighted by atomic mass is 9.90. The summed E-state index contributed by atoms with van der Waals surface area (Å²) in [7, 11) is 0. The number of carbonyl (C=O) groups excluding carboxylic acids is 2. The molecule has 0 saturated carbocycles. The Morgan fingerprint density at radius 1 is 1.27 bits per heavy atom. The number of aromatic nitrogens is 1. The van der Waals surface area contributed by atoms with E-state index in [1.54, 1.807) is 16.2 Å². The number of thiazole rings is 1. The summed E-state index contributed by atoms with van der Waals surface area (Å²) in [5, 5.41) is 10.1. The summed E-state index contributed by atoms with van der Waals surface area (Å²) in [5.41, 5.74) is 4.96. The Bertz CT molecular complexity index is 898. The van der Waals surface area contributed by atoms with Crippen molar-refractivity contribution in [3.05, 3.63) is 41.0 Å². The number of likely N-dealkylation sites (tertiary alicyclic amines) is 1. The van der Waals surface area contributed by atoms with Crippen LogP contribution in [0.4, 0.5) is 0 Å². The van der Waals surface area contributed by atoms with Crippen LogP contribution in [0.15, 0.2) is 29.8 Å². The third-order valence-electron chi connectivity index (χ3n) is 5.65. The third kappa shape index (κ3) is 5.35. The largest absolute Gasteiger partial charge is 0.391 e. The second kappa shape index (κ2) is 8.98. The summed E-state index contributed by atoms with van der Waals surface area (Å²) in [5.74, 6) is 0.0319. The molecule has 30 heavy (non-hydrogen) atoms. The molecule has 2 heterocycles. The maximum absolute atomic E-state index is 13.0. The molecule has 3 rings (SSSR count). The second-order valence-electron chi connectivity index (χ2n) is 9.65. The number of ketones is 1. The molecular weight excluding hydrogens is 396 g/mol. The average Bonchev–Trinajstić information content (AvgIpc) is 3.26. The van der Waals surface area contributed by atoms with Gasteiger partial charge in [0, 0.05) is 25.8 Å². The summed E-state index contributed by atoms with van der Waals surface area (Å²) >= 11 is 1.62. The van der Waals surface area contributed by atoms with Crippen LogP contribution in [0, 0.1) is 12.3 Å². The minimum absolute atomic E-state index is 0.0312. The molecule has 1 aromatic carbocycles. The van der Waals surface area contributed by atoms with Crippen LogP contribution < -0.4 is 0 Å². The van der Waals surface area contributed by atoms with Gasteiger partial charge in [0.25, 0.3) is 0 Å². The maximum atomic E-state index is 13.0. The highest BCUT2D eigenvalue weighted by molar-refractivity contribution is 7.13. The van der Waals surface area contributed by atoms with Crippen molar-refractivity contribution in [2.45, 2.75) is 71.9 Å². The Labute approximate surface area is 183 Å². The molecule has 0 aliphatic carbocycles. The molecule has 1 aromatic heterocycles. The number of hydrogen-bond donors (Lipinski definition) is 1. The van der Waals surface area contributed by atoms with Crippen LogP contribution in [0.25, 0.3) is 10.4 Å². The van der Waals surface area contributed by atoms with E-state index in [9.17, 15) is 14.7 Å². The summed E-state index contributed by atoms with van der Waals surface area (Å²) in [6, 6.07) is 7.78. The van der Waals surface area contributed by atoms with Gasteiger partial charge < -0.3 is 10.0 Å². The van der Waals surface area contributed by atoms with Crippen molar-refractivity contribution in [1.82, 2.24) is 9.88 Å². The van der Waals surface area contributed by atoms with E-state index in [0.29, 0.717) is 19.3 Å². The van der Waals surface area contributed by atoms with E-state index in [1.807, 2.05) is 40.1 Å². The molecular formula is C24H32N2O3S. The lowest BCUT2D eigenvalue weighted by molar-refractivity contribution is -0.139. The van der Waals surface area contributed by atoms with Gasteiger partial charge in [0.05, 0.1) is 28.2 Å². The Balaban J connectivity index is 1.66. The van der Waals surface area contributed by atoms with Gasteiger partial charge in [-0.1, -0.05) is 52.0 Å². The van der Waals surface area contributed by atoms with Crippen molar-refractivity contribution in [1.29, 1.82) is 0 Å². The molecule has 1 N–H and O–H groups in total. The highest BCUT2D eigenvalue weighted by Gasteiger charge is 2.39. The van der Waals surface area contributed by atoms with Crippen LogP contribution >= 0.6 is 11.3 Å². The van der Waals surface area contributed by atoms with Gasteiger partial charge in [-0.15, -0.1) is 11.3 Å². The number of aryl methyl sites for hydroxylation is 1. The Morgan fingerprint density at radius 2 is 1.93 bits per heavy atom. The molecule has 6 heteroatoms. The maximum Gasteiger partial charge on any atom is 0.223 e. The van der Waals surface area contributed by atoms with E-state index in [1.165, 1.54) is 4.88 Å². The second-order valence-corrected chi connectivity index (χ2v) is 10.5. The van der Waals surface area contributed by atoms with Crippen molar-refractivity contribution >= 4 is 23.0 Å². The highest BCUT2D eigenvalue weighted by Crippen LogP contribution is 2.31. The van der Waals surface area contributed by atoms with E-state index in [-0.39, 0.29) is 29.6 Å². The zero-order valence-corrected chi connectivity index (χ0v) is 19.3. The average molecular weight is 429 g/mol. The topological polar surface area (TPSA) is 70.5 Å². The first-order chi connectivity index (χ1) is 14.0. The normalized spacial score (nSPS) is 20.4. The molecule has 1 aliphatic rings. The Hall–Kier alpha value is -2.05. The van der Waals surface area contributed by atoms with Crippen LogP contribution in [0.2, 0.25) is 0 Å². The Kier molecular flexibility index (Phi) is 6.78. The third-order valence-corrected chi connectivity index (χ3v) is 6.62. The van der Waals surface area contributed by atoms with E-state index in [2.05, 4.69) is 29.2 Å². The molecule has 0 unspecified atom stereocenters. The van der Waals surface area contributed by atoms with E-state index in [0.717, 1.165) is 16.8 Å². The summed E-state index contributed by atoms with van der Waals surface area (Å²) in [6.45, 7) is 10.3. The molecule has 0 bridgehead atoms. The molecule has 5 nitrogen and oxygen atoms in total. The molecule has 0 spiro atoms. The number of rotatable bonds is 6. The van der Waals surface area contributed by atoms with Gasteiger partial charge in [-0.05, 0) is 29.4 Å². The first kappa shape index (κ1) is 22.6. The quantitative estimate of drug-likeness (QED) is 0.731. The number of β-amino-alcohol motifs (C(OH)–C–C–N with tert-alkyl or cyclic N) is 1. The molecule has 1 aliphatic heterocycles. The van der Waals surface area contributed by atoms with Crippen molar-refractivity contribution in [2.75, 3.05) is 6.54 Å². The van der Waals surface area contributed by atoms with Gasteiger partial charge in [0.15, 0.2) is 5.78 Å². The number of Topliss-reactive ketones (excluding diaryl/α,β-unsaturated/α-hetero) is 1. The monoisotopic (exact) mass is 428 g/mol. The first-order valence-corrected chi connectivity index (χ1v) is 11.4. The van der Waals surface area contributed by atoms with E-state index >= 15 is 0 Å².